The summed E-state index contributed by atoms with van der Waals surface area (Å²) < 4.78 is 1.56. The lowest BCUT2D eigenvalue weighted by atomic mass is 10.1. The summed E-state index contributed by atoms with van der Waals surface area (Å²) >= 11 is 0. The zero-order valence-corrected chi connectivity index (χ0v) is 9.62. The summed E-state index contributed by atoms with van der Waals surface area (Å²) in [7, 11) is 0. The molecule has 1 heterocycles. The second-order valence-electron chi connectivity index (χ2n) is 3.67. The standard InChI is InChI=1S/C12H11N3O3/c1-8(16)10-7-9(14-12(17)18)3-4-11(10)15-6-2-5-13-15/h2-7,14H,1H3,(H,17,18). The van der Waals surface area contributed by atoms with Gasteiger partial charge in [-0.05, 0) is 31.2 Å². The van der Waals surface area contributed by atoms with Gasteiger partial charge in [0.1, 0.15) is 0 Å². The highest BCUT2D eigenvalue weighted by Gasteiger charge is 2.11. The van der Waals surface area contributed by atoms with Crippen LogP contribution in [0.2, 0.25) is 0 Å². The number of carbonyl (C=O) groups excluding carboxylic acids is 1. The van der Waals surface area contributed by atoms with Crippen LogP contribution in [0, 0.1) is 0 Å². The van der Waals surface area contributed by atoms with E-state index < -0.39 is 6.09 Å². The largest absolute Gasteiger partial charge is 0.465 e. The van der Waals surface area contributed by atoms with Crippen LogP contribution in [0.25, 0.3) is 5.69 Å². The Bertz CT molecular complexity index is 591. The number of benzene rings is 1. The van der Waals surface area contributed by atoms with Crippen molar-refractivity contribution in [1.29, 1.82) is 0 Å². The highest BCUT2D eigenvalue weighted by Crippen LogP contribution is 2.19. The molecule has 92 valence electrons. The minimum Gasteiger partial charge on any atom is -0.465 e. The van der Waals surface area contributed by atoms with Crippen molar-refractivity contribution in [3.63, 3.8) is 0 Å². The molecule has 2 aromatic rings. The SMILES string of the molecule is CC(=O)c1cc(NC(=O)O)ccc1-n1cccn1. The van der Waals surface area contributed by atoms with Crippen LogP contribution in [0.1, 0.15) is 17.3 Å². The Morgan fingerprint density at radius 3 is 2.72 bits per heavy atom. The summed E-state index contributed by atoms with van der Waals surface area (Å²) in [4.78, 5) is 22.1. The first-order chi connectivity index (χ1) is 8.58. The van der Waals surface area contributed by atoms with Crippen molar-refractivity contribution in [2.24, 2.45) is 0 Å². The molecule has 0 saturated carbocycles. The Morgan fingerprint density at radius 2 is 2.17 bits per heavy atom. The zero-order valence-electron chi connectivity index (χ0n) is 9.62. The fraction of sp³-hybridized carbons (Fsp3) is 0.0833. The van der Waals surface area contributed by atoms with Crippen molar-refractivity contribution in [3.8, 4) is 5.69 Å². The van der Waals surface area contributed by atoms with Gasteiger partial charge >= 0.3 is 6.09 Å². The molecule has 1 amide bonds. The van der Waals surface area contributed by atoms with E-state index in [-0.39, 0.29) is 5.78 Å². The lowest BCUT2D eigenvalue weighted by Gasteiger charge is -2.09. The maximum atomic E-state index is 11.6. The second-order valence-corrected chi connectivity index (χ2v) is 3.67. The first kappa shape index (κ1) is 11.8. The van der Waals surface area contributed by atoms with E-state index in [2.05, 4.69) is 10.4 Å². The molecule has 1 aromatic carbocycles. The van der Waals surface area contributed by atoms with Crippen LogP contribution in [-0.2, 0) is 0 Å². The predicted molar refractivity (Wildman–Crippen MR) is 65.2 cm³/mol. The Labute approximate surface area is 103 Å². The van der Waals surface area contributed by atoms with Gasteiger partial charge in [-0.3, -0.25) is 10.1 Å². The predicted octanol–water partition coefficient (Wildman–Crippen LogP) is 2.16. The number of carboxylic acid groups (broad SMARTS) is 1. The Hall–Kier alpha value is -2.63. The van der Waals surface area contributed by atoms with Crippen LogP contribution >= 0.6 is 0 Å². The number of Topliss-reactive ketones (excluding diaryl/α,β-unsaturated/α-hetero) is 1. The number of carbonyl (C=O) groups is 2. The van der Waals surface area contributed by atoms with Gasteiger partial charge in [-0.15, -0.1) is 0 Å². The van der Waals surface area contributed by atoms with E-state index in [1.54, 1.807) is 35.3 Å². The van der Waals surface area contributed by atoms with Crippen LogP contribution < -0.4 is 5.32 Å². The number of rotatable bonds is 3. The smallest absolute Gasteiger partial charge is 0.409 e. The van der Waals surface area contributed by atoms with Gasteiger partial charge in [-0.25, -0.2) is 9.48 Å². The topological polar surface area (TPSA) is 84.2 Å². The third-order valence-electron chi connectivity index (χ3n) is 2.38. The number of nitrogens with one attached hydrogen (secondary N) is 1. The van der Waals surface area contributed by atoms with Gasteiger partial charge in [0.05, 0.1) is 5.69 Å². The van der Waals surface area contributed by atoms with E-state index in [1.165, 1.54) is 13.0 Å². The molecule has 2 rings (SSSR count). The Kier molecular flexibility index (Phi) is 3.09. The lowest BCUT2D eigenvalue weighted by molar-refractivity contribution is 0.101. The van der Waals surface area contributed by atoms with Gasteiger partial charge in [-0.1, -0.05) is 0 Å². The maximum absolute atomic E-state index is 11.6. The monoisotopic (exact) mass is 245 g/mol. The minimum atomic E-state index is -1.17. The summed E-state index contributed by atoms with van der Waals surface area (Å²) in [6.45, 7) is 1.42. The van der Waals surface area contributed by atoms with Crippen LogP contribution in [-0.4, -0.2) is 26.8 Å². The molecule has 0 aliphatic rings. The number of anilines is 1. The summed E-state index contributed by atoms with van der Waals surface area (Å²) in [6, 6.07) is 6.47. The molecule has 6 nitrogen and oxygen atoms in total. The number of amides is 1. The zero-order chi connectivity index (χ0) is 13.1. The number of nitrogens with zero attached hydrogens (tertiary/aromatic N) is 2. The molecule has 0 spiro atoms. The van der Waals surface area contributed by atoms with Crippen molar-refractivity contribution in [3.05, 3.63) is 42.2 Å². The van der Waals surface area contributed by atoms with Crippen LogP contribution in [0.4, 0.5) is 10.5 Å². The van der Waals surface area contributed by atoms with Crippen molar-refractivity contribution in [2.75, 3.05) is 5.32 Å². The van der Waals surface area contributed by atoms with Gasteiger partial charge in [0.15, 0.2) is 5.78 Å². The Morgan fingerprint density at radius 1 is 1.39 bits per heavy atom. The van der Waals surface area contributed by atoms with Crippen LogP contribution in [0.5, 0.6) is 0 Å². The van der Waals surface area contributed by atoms with Gasteiger partial charge in [0, 0.05) is 23.6 Å². The number of hydrogen-bond acceptors (Lipinski definition) is 3. The van der Waals surface area contributed by atoms with E-state index in [1.807, 2.05) is 0 Å². The van der Waals surface area contributed by atoms with E-state index in [0.29, 0.717) is 16.9 Å². The molecule has 0 atom stereocenters. The van der Waals surface area contributed by atoms with Crippen LogP contribution in [0.15, 0.2) is 36.7 Å². The molecule has 0 unspecified atom stereocenters. The molecule has 18 heavy (non-hydrogen) atoms. The number of hydrogen-bond donors (Lipinski definition) is 2. The van der Waals surface area contributed by atoms with Gasteiger partial charge in [-0.2, -0.15) is 5.10 Å². The third-order valence-corrected chi connectivity index (χ3v) is 2.38. The van der Waals surface area contributed by atoms with Crippen molar-refractivity contribution >= 4 is 17.6 Å². The fourth-order valence-electron chi connectivity index (χ4n) is 1.63. The molecular formula is C12H11N3O3. The summed E-state index contributed by atoms with van der Waals surface area (Å²) in [6.07, 6.45) is 2.15. The average molecular weight is 245 g/mol. The lowest BCUT2D eigenvalue weighted by Crippen LogP contribution is -2.10. The van der Waals surface area contributed by atoms with Crippen molar-refractivity contribution in [1.82, 2.24) is 9.78 Å². The number of aromatic nitrogens is 2. The minimum absolute atomic E-state index is 0.158. The molecule has 0 saturated heterocycles. The highest BCUT2D eigenvalue weighted by molar-refractivity contribution is 5.99. The molecule has 0 fully saturated rings. The van der Waals surface area contributed by atoms with E-state index in [4.69, 9.17) is 5.11 Å². The summed E-state index contributed by atoms with van der Waals surface area (Å²) in [5.74, 6) is -0.158. The van der Waals surface area contributed by atoms with Crippen LogP contribution in [0.3, 0.4) is 0 Å². The average Bonchev–Trinajstić information content (AvgIpc) is 2.81. The number of ketones is 1. The summed E-state index contributed by atoms with van der Waals surface area (Å²) in [5.41, 5.74) is 1.37. The van der Waals surface area contributed by atoms with Gasteiger partial charge < -0.3 is 5.11 Å². The quantitative estimate of drug-likeness (QED) is 0.811. The Balaban J connectivity index is 2.48. The highest BCUT2D eigenvalue weighted by atomic mass is 16.4. The van der Waals surface area contributed by atoms with E-state index >= 15 is 0 Å². The maximum Gasteiger partial charge on any atom is 0.409 e. The molecule has 0 radical (unpaired) electrons. The van der Waals surface area contributed by atoms with E-state index in [9.17, 15) is 9.59 Å². The van der Waals surface area contributed by atoms with Crippen molar-refractivity contribution in [2.45, 2.75) is 6.92 Å². The second kappa shape index (κ2) is 4.70. The van der Waals surface area contributed by atoms with E-state index in [0.717, 1.165) is 0 Å². The first-order valence-electron chi connectivity index (χ1n) is 5.23. The molecule has 0 aliphatic heterocycles. The normalized spacial score (nSPS) is 10.1. The molecule has 1 aromatic heterocycles. The molecule has 6 heteroatoms. The van der Waals surface area contributed by atoms with Crippen molar-refractivity contribution < 1.29 is 14.7 Å². The fourth-order valence-corrected chi connectivity index (χ4v) is 1.63. The third kappa shape index (κ3) is 2.37. The van der Waals surface area contributed by atoms with Gasteiger partial charge in [0.2, 0.25) is 0 Å². The molecule has 2 N–H and O–H groups in total. The molecule has 0 aliphatic carbocycles. The summed E-state index contributed by atoms with van der Waals surface area (Å²) in [5, 5.41) is 14.9. The van der Waals surface area contributed by atoms with Gasteiger partial charge in [0.25, 0.3) is 0 Å². The molecular weight excluding hydrogens is 234 g/mol. The first-order valence-corrected chi connectivity index (χ1v) is 5.23. The molecule has 0 bridgehead atoms.